The third kappa shape index (κ3) is 30.0. The Bertz CT molecular complexity index is 260. The van der Waals surface area contributed by atoms with Gasteiger partial charge in [-0.25, -0.2) is 0 Å². The third-order valence-electron chi connectivity index (χ3n) is 6.91. The van der Waals surface area contributed by atoms with E-state index in [0.29, 0.717) is 0 Å². The highest BCUT2D eigenvalue weighted by molar-refractivity contribution is 4.53. The van der Waals surface area contributed by atoms with Gasteiger partial charge in [0.25, 0.3) is 0 Å². The van der Waals surface area contributed by atoms with Gasteiger partial charge < -0.3 is 5.32 Å². The molecule has 0 aliphatic rings. The van der Waals surface area contributed by atoms with Crippen LogP contribution in [0.4, 0.5) is 0 Å². The van der Waals surface area contributed by atoms with Gasteiger partial charge in [-0.15, -0.1) is 0 Å². The Morgan fingerprint density at radius 1 is 0.258 bits per heavy atom. The van der Waals surface area contributed by atoms with Crippen molar-refractivity contribution in [1.82, 2.24) is 5.32 Å². The highest BCUT2D eigenvalue weighted by Crippen LogP contribution is 2.14. The molecule has 0 atom stereocenters. The van der Waals surface area contributed by atoms with Crippen LogP contribution in [0.25, 0.3) is 0 Å². The molecule has 0 heterocycles. The minimum absolute atomic E-state index is 1.24. The predicted octanol–water partition coefficient (Wildman–Crippen LogP) is 10.8. The second-order valence-electron chi connectivity index (χ2n) is 10.2. The molecule has 0 aromatic carbocycles. The third-order valence-corrected chi connectivity index (χ3v) is 6.91. The van der Waals surface area contributed by atoms with Crippen LogP contribution in [0, 0.1) is 0 Å². The maximum absolute atomic E-state index is 3.64. The van der Waals surface area contributed by atoms with E-state index in [4.69, 9.17) is 0 Å². The van der Waals surface area contributed by atoms with Crippen molar-refractivity contribution >= 4 is 0 Å². The van der Waals surface area contributed by atoms with Crippen LogP contribution in [-0.4, -0.2) is 13.1 Å². The molecule has 0 aromatic heterocycles. The number of rotatable bonds is 28. The quantitative estimate of drug-likeness (QED) is 0.120. The van der Waals surface area contributed by atoms with Crippen molar-refractivity contribution in [2.45, 2.75) is 181 Å². The van der Waals surface area contributed by atoms with Crippen LogP contribution in [-0.2, 0) is 0 Å². The normalized spacial score (nSPS) is 11.4. The van der Waals surface area contributed by atoms with E-state index in [2.05, 4.69) is 19.2 Å². The summed E-state index contributed by atoms with van der Waals surface area (Å²) >= 11 is 0. The lowest BCUT2D eigenvalue weighted by molar-refractivity contribution is 0.517. The van der Waals surface area contributed by atoms with Gasteiger partial charge >= 0.3 is 0 Å². The first-order chi connectivity index (χ1) is 15.4. The number of unbranched alkanes of at least 4 members (excludes halogenated alkanes) is 24. The molecule has 0 radical (unpaired) electrons. The smallest absolute Gasteiger partial charge is 0.00489 e. The Balaban J connectivity index is 2.98. The molecule has 1 N–H and O–H groups in total. The fraction of sp³-hybridized carbons (Fsp3) is 1.00. The van der Waals surface area contributed by atoms with E-state index < -0.39 is 0 Å². The molecule has 0 bridgehead atoms. The van der Waals surface area contributed by atoms with Crippen LogP contribution in [0.3, 0.4) is 0 Å². The maximum atomic E-state index is 3.64. The molecular formula is C30H63N. The highest BCUT2D eigenvalue weighted by atomic mass is 14.8. The highest BCUT2D eigenvalue weighted by Gasteiger charge is 1.96. The van der Waals surface area contributed by atoms with Crippen molar-refractivity contribution in [2.75, 3.05) is 13.1 Å². The van der Waals surface area contributed by atoms with Gasteiger partial charge in [0, 0.05) is 0 Å². The summed E-state index contributed by atoms with van der Waals surface area (Å²) in [6.07, 6.45) is 37.8. The van der Waals surface area contributed by atoms with E-state index in [1.165, 1.54) is 180 Å². The molecule has 0 aromatic rings. The Kier molecular flexibility index (Phi) is 29.9. The number of nitrogens with one attached hydrogen (secondary N) is 1. The lowest BCUT2D eigenvalue weighted by atomic mass is 10.0. The van der Waals surface area contributed by atoms with Crippen LogP contribution in [0.1, 0.15) is 181 Å². The van der Waals surface area contributed by atoms with Gasteiger partial charge in [-0.2, -0.15) is 0 Å². The first kappa shape index (κ1) is 31.0. The molecule has 1 nitrogen and oxygen atoms in total. The number of hydrogen-bond donors (Lipinski definition) is 1. The Morgan fingerprint density at radius 3 is 0.677 bits per heavy atom. The largest absolute Gasteiger partial charge is 0.317 e. The van der Waals surface area contributed by atoms with E-state index in [0.717, 1.165) is 0 Å². The summed E-state index contributed by atoms with van der Waals surface area (Å²) in [5.74, 6) is 0. The summed E-state index contributed by atoms with van der Waals surface area (Å²) in [5, 5.41) is 3.64. The summed E-state index contributed by atoms with van der Waals surface area (Å²) in [6, 6.07) is 0. The predicted molar refractivity (Wildman–Crippen MR) is 144 cm³/mol. The molecule has 0 amide bonds. The number of hydrogen-bond acceptors (Lipinski definition) is 1. The van der Waals surface area contributed by atoms with E-state index in [-0.39, 0.29) is 0 Å². The molecular weight excluding hydrogens is 374 g/mol. The van der Waals surface area contributed by atoms with Crippen LogP contribution >= 0.6 is 0 Å². The summed E-state index contributed by atoms with van der Waals surface area (Å²) in [6.45, 7) is 7.08. The van der Waals surface area contributed by atoms with Gasteiger partial charge in [0.1, 0.15) is 0 Å². The van der Waals surface area contributed by atoms with E-state index in [9.17, 15) is 0 Å². The standard InChI is InChI=1S/C30H63N/c1-3-5-7-9-11-12-13-14-15-16-17-18-19-20-21-22-23-24-26-28-30-31-29-27-25-10-8-6-4-2/h31H,3-30H2,1-2H3. The van der Waals surface area contributed by atoms with E-state index >= 15 is 0 Å². The average molecular weight is 438 g/mol. The second-order valence-corrected chi connectivity index (χ2v) is 10.2. The Morgan fingerprint density at radius 2 is 0.452 bits per heavy atom. The molecule has 0 saturated heterocycles. The van der Waals surface area contributed by atoms with Crippen molar-refractivity contribution in [2.24, 2.45) is 0 Å². The molecule has 188 valence electrons. The summed E-state index contributed by atoms with van der Waals surface area (Å²) in [4.78, 5) is 0. The molecule has 0 saturated carbocycles. The topological polar surface area (TPSA) is 12.0 Å². The molecule has 0 fully saturated rings. The molecule has 31 heavy (non-hydrogen) atoms. The van der Waals surface area contributed by atoms with Crippen LogP contribution in [0.2, 0.25) is 0 Å². The zero-order chi connectivity index (χ0) is 22.5. The minimum atomic E-state index is 1.24. The fourth-order valence-corrected chi connectivity index (χ4v) is 4.66. The lowest BCUT2D eigenvalue weighted by Gasteiger charge is -2.05. The van der Waals surface area contributed by atoms with Crippen LogP contribution < -0.4 is 5.32 Å². The lowest BCUT2D eigenvalue weighted by Crippen LogP contribution is -2.16. The van der Waals surface area contributed by atoms with E-state index in [1.54, 1.807) is 0 Å². The van der Waals surface area contributed by atoms with Crippen molar-refractivity contribution in [3.05, 3.63) is 0 Å². The molecule has 0 aliphatic carbocycles. The fourth-order valence-electron chi connectivity index (χ4n) is 4.66. The van der Waals surface area contributed by atoms with Gasteiger partial charge in [0.2, 0.25) is 0 Å². The molecule has 0 spiro atoms. The maximum Gasteiger partial charge on any atom is -0.00489 e. The van der Waals surface area contributed by atoms with Gasteiger partial charge in [-0.3, -0.25) is 0 Å². The average Bonchev–Trinajstić information content (AvgIpc) is 2.78. The summed E-state index contributed by atoms with van der Waals surface area (Å²) < 4.78 is 0. The van der Waals surface area contributed by atoms with Gasteiger partial charge in [0.15, 0.2) is 0 Å². The van der Waals surface area contributed by atoms with Gasteiger partial charge in [-0.1, -0.05) is 168 Å². The molecule has 0 unspecified atom stereocenters. The Labute approximate surface area is 199 Å². The minimum Gasteiger partial charge on any atom is -0.317 e. The zero-order valence-electron chi connectivity index (χ0n) is 22.3. The molecule has 0 rings (SSSR count). The van der Waals surface area contributed by atoms with Crippen molar-refractivity contribution in [3.63, 3.8) is 0 Å². The summed E-state index contributed by atoms with van der Waals surface area (Å²) in [7, 11) is 0. The van der Waals surface area contributed by atoms with Crippen molar-refractivity contribution in [3.8, 4) is 0 Å². The van der Waals surface area contributed by atoms with Crippen LogP contribution in [0.5, 0.6) is 0 Å². The van der Waals surface area contributed by atoms with Gasteiger partial charge in [-0.05, 0) is 25.9 Å². The second kappa shape index (κ2) is 30.0. The first-order valence-electron chi connectivity index (χ1n) is 15.1. The van der Waals surface area contributed by atoms with Crippen molar-refractivity contribution in [1.29, 1.82) is 0 Å². The monoisotopic (exact) mass is 437 g/mol. The van der Waals surface area contributed by atoms with Crippen LogP contribution in [0.15, 0.2) is 0 Å². The SMILES string of the molecule is CCCCCCCCCCCCCCCCCCCCCCNCCCCCCCC. The Hall–Kier alpha value is -0.0400. The zero-order valence-corrected chi connectivity index (χ0v) is 22.3. The van der Waals surface area contributed by atoms with Crippen molar-refractivity contribution < 1.29 is 0 Å². The van der Waals surface area contributed by atoms with E-state index in [1.807, 2.05) is 0 Å². The first-order valence-corrected chi connectivity index (χ1v) is 15.1. The molecule has 0 aliphatic heterocycles. The van der Waals surface area contributed by atoms with Gasteiger partial charge in [0.05, 0.1) is 0 Å². The molecule has 1 heteroatoms. The summed E-state index contributed by atoms with van der Waals surface area (Å²) in [5.41, 5.74) is 0.